The molecule has 24 atom stereocenters. The Kier molecular flexibility index (Phi) is 25.7. The molecule has 14 heteroatoms. The molecule has 16 saturated carbocycles. The maximum atomic E-state index is 11.4. The van der Waals surface area contributed by atoms with Crippen LogP contribution in [0.15, 0.2) is 0 Å². The average Bonchev–Trinajstić information content (AvgIpc) is 1.53. The fourth-order valence-corrected chi connectivity index (χ4v) is 30.0. The Labute approximate surface area is 682 Å². The molecular formula is C98H168O14. The summed E-state index contributed by atoms with van der Waals surface area (Å²) < 4.78 is 33.1. The molecule has 0 heterocycles. The van der Waals surface area contributed by atoms with Gasteiger partial charge < -0.3 is 38.6 Å². The Bertz CT molecular complexity index is 3190. The lowest BCUT2D eigenvalue weighted by Crippen LogP contribution is -2.53. The fourth-order valence-electron chi connectivity index (χ4n) is 30.0. The third kappa shape index (κ3) is 14.9. The number of aliphatic hydroxyl groups is 2. The Hall–Kier alpha value is -3.26. The normalized spacial score (nSPS) is 45.5. The molecule has 0 spiro atoms. The molecule has 16 bridgehead atoms. The van der Waals surface area contributed by atoms with Gasteiger partial charge in [-0.25, -0.2) is 0 Å². The number of hydrogen-bond acceptors (Lipinski definition) is 14. The van der Waals surface area contributed by atoms with Gasteiger partial charge in [0.2, 0.25) is 0 Å². The zero-order valence-electron chi connectivity index (χ0n) is 77.7. The summed E-state index contributed by atoms with van der Waals surface area (Å²) in [5.41, 5.74) is 2.91. The largest absolute Gasteiger partial charge is 0.462 e. The van der Waals surface area contributed by atoms with Crippen molar-refractivity contribution in [1.29, 1.82) is 0 Å². The van der Waals surface area contributed by atoms with Gasteiger partial charge in [0.15, 0.2) is 0 Å². The van der Waals surface area contributed by atoms with E-state index in [1.807, 2.05) is 13.8 Å². The maximum Gasteiger partial charge on any atom is 0.305 e. The molecule has 16 aliphatic carbocycles. The molecule has 0 saturated heterocycles. The summed E-state index contributed by atoms with van der Waals surface area (Å²) in [4.78, 5) is 66.9. The highest BCUT2D eigenvalue weighted by atomic mass is 16.6. The van der Waals surface area contributed by atoms with Crippen LogP contribution in [-0.2, 0) is 57.2 Å². The van der Waals surface area contributed by atoms with E-state index in [-0.39, 0.29) is 137 Å². The van der Waals surface area contributed by atoms with Crippen molar-refractivity contribution in [3.8, 4) is 0 Å². The molecule has 16 unspecified atom stereocenters. The number of carbonyl (C=O) groups excluding carboxylic acids is 6. The number of rotatable bonds is 10. The zero-order valence-corrected chi connectivity index (χ0v) is 77.7. The third-order valence-corrected chi connectivity index (χ3v) is 40.1. The van der Waals surface area contributed by atoms with E-state index in [2.05, 4.69) is 180 Å². The second-order valence-electron chi connectivity index (χ2n) is 47.0. The summed E-state index contributed by atoms with van der Waals surface area (Å²) >= 11 is 0. The summed E-state index contributed by atoms with van der Waals surface area (Å²) in [7, 11) is 0. The van der Waals surface area contributed by atoms with Crippen molar-refractivity contribution in [2.75, 3.05) is 0 Å². The Morgan fingerprint density at radius 3 is 0.679 bits per heavy atom. The molecule has 112 heavy (non-hydrogen) atoms. The van der Waals surface area contributed by atoms with Gasteiger partial charge in [-0.2, -0.15) is 0 Å². The molecule has 644 valence electrons. The maximum absolute atomic E-state index is 11.4. The smallest absolute Gasteiger partial charge is 0.305 e. The zero-order chi connectivity index (χ0) is 84.6. The highest BCUT2D eigenvalue weighted by Crippen LogP contribution is 2.74. The first kappa shape index (κ1) is 92.6. The molecule has 0 aromatic heterocycles. The standard InChI is InChI=1S/2C13H22O2.4C12H20O2.2C12H22O/c2*1-5-11(14)15-10-8-9-6-7-13(10,4)12(9,2)3;2*1-8(13)14-10-11(2,3)9-5-6-12(10,4)7-9;2*1-8(13)14-10-7-9-5-6-12(10,4)11(9,2)3;2*1-5-12(13)10(2,3)9-6-7-11(12,4)8-9/h2*9-10H,5-8H2,1-4H3;4*9-10H,5-7H2,1-4H3;2*9,13H,5-8H2,1-4H3/t9-,10-,13+;;9?,10-,12?;;9-,10+,12+;;9?,11?,12-;/m0.0.0.0./s1. The predicted octanol–water partition coefficient (Wildman–Crippen LogP) is 23.3. The molecule has 0 amide bonds. The second-order valence-corrected chi connectivity index (χ2v) is 47.0. The van der Waals surface area contributed by atoms with Crippen LogP contribution in [0.25, 0.3) is 0 Å². The van der Waals surface area contributed by atoms with Crippen LogP contribution in [0, 0.1) is 134 Å². The van der Waals surface area contributed by atoms with Gasteiger partial charge in [-0.1, -0.05) is 194 Å². The molecule has 16 fully saturated rings. The Morgan fingerprint density at radius 2 is 0.518 bits per heavy atom. The molecule has 2 N–H and O–H groups in total. The molecular weight excluding hydrogens is 1400 g/mol. The molecule has 0 aromatic carbocycles. The van der Waals surface area contributed by atoms with Gasteiger partial charge in [0.25, 0.3) is 0 Å². The van der Waals surface area contributed by atoms with Crippen molar-refractivity contribution in [3.63, 3.8) is 0 Å². The van der Waals surface area contributed by atoms with Crippen molar-refractivity contribution < 1.29 is 67.4 Å². The van der Waals surface area contributed by atoms with E-state index in [0.717, 1.165) is 85.9 Å². The van der Waals surface area contributed by atoms with E-state index in [0.29, 0.717) is 34.5 Å². The van der Waals surface area contributed by atoms with Crippen molar-refractivity contribution >= 4 is 35.8 Å². The lowest BCUT2D eigenvalue weighted by atomic mass is 9.59. The predicted molar refractivity (Wildman–Crippen MR) is 447 cm³/mol. The van der Waals surface area contributed by atoms with Crippen molar-refractivity contribution in [1.82, 2.24) is 0 Å². The quantitative estimate of drug-likeness (QED) is 0.155. The first-order chi connectivity index (χ1) is 51.1. The molecule has 0 aromatic rings. The first-order valence-corrected chi connectivity index (χ1v) is 45.6. The topological polar surface area (TPSA) is 198 Å². The first-order valence-electron chi connectivity index (χ1n) is 45.6. The van der Waals surface area contributed by atoms with E-state index >= 15 is 0 Å². The third-order valence-electron chi connectivity index (χ3n) is 40.1. The van der Waals surface area contributed by atoms with Crippen LogP contribution in [-0.4, -0.2) is 93.9 Å². The lowest BCUT2D eigenvalue weighted by Gasteiger charge is -2.50. The van der Waals surface area contributed by atoms with Gasteiger partial charge in [-0.3, -0.25) is 28.8 Å². The minimum Gasteiger partial charge on any atom is -0.462 e. The van der Waals surface area contributed by atoms with Gasteiger partial charge in [-0.05, 0) is 258 Å². The summed E-state index contributed by atoms with van der Waals surface area (Å²) in [6.45, 7) is 69.0. The van der Waals surface area contributed by atoms with E-state index in [4.69, 9.17) is 28.4 Å². The van der Waals surface area contributed by atoms with Gasteiger partial charge in [0.1, 0.15) is 36.6 Å². The van der Waals surface area contributed by atoms with Gasteiger partial charge in [-0.15, -0.1) is 0 Å². The van der Waals surface area contributed by atoms with Gasteiger partial charge in [0.05, 0.1) is 11.2 Å². The van der Waals surface area contributed by atoms with Crippen LogP contribution in [0.5, 0.6) is 0 Å². The van der Waals surface area contributed by atoms with Crippen LogP contribution in [0.4, 0.5) is 0 Å². The molecule has 16 rings (SSSR count). The fraction of sp³-hybridized carbons (Fsp3) is 0.939. The number of ether oxygens (including phenoxy) is 6. The summed E-state index contributed by atoms with van der Waals surface area (Å²) in [5, 5.41) is 21.6. The number of esters is 6. The summed E-state index contributed by atoms with van der Waals surface area (Å²) in [6, 6.07) is 0. The van der Waals surface area contributed by atoms with Crippen LogP contribution in [0.3, 0.4) is 0 Å². The molecule has 0 aliphatic heterocycles. The van der Waals surface area contributed by atoms with Crippen molar-refractivity contribution in [2.24, 2.45) is 134 Å². The summed E-state index contributed by atoms with van der Waals surface area (Å²) in [5.74, 6) is 5.41. The minimum atomic E-state index is -0.414. The van der Waals surface area contributed by atoms with E-state index in [1.165, 1.54) is 156 Å². The van der Waals surface area contributed by atoms with E-state index < -0.39 is 11.2 Å². The van der Waals surface area contributed by atoms with E-state index in [1.54, 1.807) is 0 Å². The highest BCUT2D eigenvalue weighted by Gasteiger charge is 2.71. The average molecular weight is 1570 g/mol. The number of fused-ring (bicyclic) bond motifs is 16. The second kappa shape index (κ2) is 31.1. The Morgan fingerprint density at radius 1 is 0.286 bits per heavy atom. The minimum absolute atomic E-state index is 0.0374. The van der Waals surface area contributed by atoms with Crippen LogP contribution >= 0.6 is 0 Å². The monoisotopic (exact) mass is 1570 g/mol. The van der Waals surface area contributed by atoms with Crippen molar-refractivity contribution in [3.05, 3.63) is 0 Å². The lowest BCUT2D eigenvalue weighted by molar-refractivity contribution is -0.162. The van der Waals surface area contributed by atoms with Crippen LogP contribution in [0.2, 0.25) is 0 Å². The number of hydrogen-bond donors (Lipinski definition) is 2. The van der Waals surface area contributed by atoms with Gasteiger partial charge in [0, 0.05) is 83.9 Å². The highest BCUT2D eigenvalue weighted by molar-refractivity contribution is 5.70. The summed E-state index contributed by atoms with van der Waals surface area (Å²) in [6.07, 6.45) is 33.2. The Balaban J connectivity index is 0.000000147. The SMILES string of the molecule is CC(=O)OC1C2(C)CCC(C2)C1(C)C.CC(=O)OC1CC2CCC1(C)C2(C)C.CC(=O)O[C@@H]1C2(C)CCC(C2)C1(C)C.CC(=O)O[C@@H]1C[C@@H]2CC[C@@]1(C)C2(C)C.CCC(=O)OC1CC2CCC1(C)C2(C)C.CCC(=O)O[C@H]1C[C@@H]2CC[C@@]1(C)C2(C)C.CCC1(O)C2(C)CCC(C2)C1(C)C.CC[C@@]1(O)C2(C)CCC(C2)C1(C)C. The van der Waals surface area contributed by atoms with Gasteiger partial charge >= 0.3 is 35.8 Å². The number of carbonyl (C=O) groups is 6. The van der Waals surface area contributed by atoms with E-state index in [9.17, 15) is 39.0 Å². The van der Waals surface area contributed by atoms with Crippen LogP contribution < -0.4 is 0 Å². The molecule has 16 aliphatic rings. The van der Waals surface area contributed by atoms with Crippen molar-refractivity contribution in [2.45, 2.75) is 449 Å². The molecule has 14 nitrogen and oxygen atoms in total. The van der Waals surface area contributed by atoms with Crippen LogP contribution in [0.1, 0.15) is 401 Å². The molecule has 0 radical (unpaired) electrons.